The van der Waals surface area contributed by atoms with E-state index >= 15 is 0 Å². The van der Waals surface area contributed by atoms with Gasteiger partial charge in [-0.2, -0.15) is 5.10 Å². The standard InChI is InChI=1S/C20H25N3O2/c1-15-13-17(14-19(25-3)20(15)24)16(2)21-23-11-9-22(10-12-23)18-7-5-4-6-8-18/h4-8,13-14,24H,9-12H2,1-3H3/b21-16-. The molecule has 1 aliphatic heterocycles. The number of aryl methyl sites for hydroxylation is 1. The van der Waals surface area contributed by atoms with E-state index in [0.717, 1.165) is 43.0 Å². The number of aromatic hydroxyl groups is 1. The summed E-state index contributed by atoms with van der Waals surface area (Å²) in [5, 5.41) is 16.9. The van der Waals surface area contributed by atoms with E-state index in [4.69, 9.17) is 9.84 Å². The molecule has 0 saturated carbocycles. The summed E-state index contributed by atoms with van der Waals surface area (Å²) >= 11 is 0. The number of anilines is 1. The maximum atomic E-state index is 9.98. The van der Waals surface area contributed by atoms with Crippen LogP contribution in [0.15, 0.2) is 47.6 Å². The van der Waals surface area contributed by atoms with Crippen molar-refractivity contribution in [3.05, 3.63) is 53.6 Å². The summed E-state index contributed by atoms with van der Waals surface area (Å²) in [6, 6.07) is 14.3. The highest BCUT2D eigenvalue weighted by Gasteiger charge is 2.16. The Bertz CT molecular complexity index is 751. The zero-order valence-corrected chi connectivity index (χ0v) is 15.1. The van der Waals surface area contributed by atoms with Gasteiger partial charge < -0.3 is 14.7 Å². The predicted octanol–water partition coefficient (Wildman–Crippen LogP) is 3.26. The van der Waals surface area contributed by atoms with Crippen LogP contribution in [0.4, 0.5) is 5.69 Å². The van der Waals surface area contributed by atoms with E-state index in [2.05, 4.69) is 34.2 Å². The van der Waals surface area contributed by atoms with Gasteiger partial charge in [-0.15, -0.1) is 0 Å². The molecule has 1 aliphatic rings. The number of rotatable bonds is 4. The molecule has 0 aliphatic carbocycles. The Kier molecular flexibility index (Phi) is 5.12. The fourth-order valence-corrected chi connectivity index (χ4v) is 3.07. The van der Waals surface area contributed by atoms with E-state index < -0.39 is 0 Å². The molecule has 3 rings (SSSR count). The molecule has 0 radical (unpaired) electrons. The van der Waals surface area contributed by atoms with Gasteiger partial charge in [0.05, 0.1) is 25.9 Å². The van der Waals surface area contributed by atoms with Crippen LogP contribution in [0.3, 0.4) is 0 Å². The van der Waals surface area contributed by atoms with Crippen LogP contribution < -0.4 is 9.64 Å². The Hall–Kier alpha value is -2.69. The number of para-hydroxylation sites is 1. The van der Waals surface area contributed by atoms with Crippen LogP contribution in [0.1, 0.15) is 18.1 Å². The summed E-state index contributed by atoms with van der Waals surface area (Å²) in [5.74, 6) is 0.675. The van der Waals surface area contributed by atoms with E-state index in [-0.39, 0.29) is 5.75 Å². The van der Waals surface area contributed by atoms with Gasteiger partial charge in [-0.1, -0.05) is 18.2 Å². The van der Waals surface area contributed by atoms with Crippen molar-refractivity contribution in [2.24, 2.45) is 5.10 Å². The molecule has 132 valence electrons. The number of phenols is 1. The molecule has 1 N–H and O–H groups in total. The summed E-state index contributed by atoms with van der Waals surface area (Å²) in [5.41, 5.74) is 3.95. The molecular formula is C20H25N3O2. The van der Waals surface area contributed by atoms with Gasteiger partial charge in [-0.3, -0.25) is 5.01 Å². The zero-order valence-electron chi connectivity index (χ0n) is 15.1. The summed E-state index contributed by atoms with van der Waals surface area (Å²) in [7, 11) is 1.56. The molecule has 0 bridgehead atoms. The van der Waals surface area contributed by atoms with Gasteiger partial charge in [-0.25, -0.2) is 0 Å². The van der Waals surface area contributed by atoms with Crippen LogP contribution in [0.5, 0.6) is 11.5 Å². The van der Waals surface area contributed by atoms with Crippen molar-refractivity contribution in [3.63, 3.8) is 0 Å². The van der Waals surface area contributed by atoms with Crippen molar-refractivity contribution in [1.29, 1.82) is 0 Å². The van der Waals surface area contributed by atoms with Crippen molar-refractivity contribution < 1.29 is 9.84 Å². The third-order valence-corrected chi connectivity index (χ3v) is 4.57. The Morgan fingerprint density at radius 1 is 1.08 bits per heavy atom. The molecule has 5 heteroatoms. The van der Waals surface area contributed by atoms with E-state index in [0.29, 0.717) is 5.75 Å². The lowest BCUT2D eigenvalue weighted by atomic mass is 10.1. The monoisotopic (exact) mass is 339 g/mol. The second-order valence-electron chi connectivity index (χ2n) is 6.31. The second kappa shape index (κ2) is 7.47. The first-order valence-corrected chi connectivity index (χ1v) is 8.56. The number of nitrogens with zero attached hydrogens (tertiary/aromatic N) is 3. The van der Waals surface area contributed by atoms with E-state index in [9.17, 15) is 5.11 Å². The second-order valence-corrected chi connectivity index (χ2v) is 6.31. The number of hydrogen-bond acceptors (Lipinski definition) is 5. The smallest absolute Gasteiger partial charge is 0.161 e. The summed E-state index contributed by atoms with van der Waals surface area (Å²) < 4.78 is 5.24. The average molecular weight is 339 g/mol. The molecule has 0 spiro atoms. The molecular weight excluding hydrogens is 314 g/mol. The van der Waals surface area contributed by atoms with Gasteiger partial charge in [0.25, 0.3) is 0 Å². The SMILES string of the molecule is COc1cc(/C(C)=N\N2CCN(c3ccccc3)CC2)cc(C)c1O. The number of ether oxygens (including phenoxy) is 1. The van der Waals surface area contributed by atoms with Crippen LogP contribution in [0.25, 0.3) is 0 Å². The highest BCUT2D eigenvalue weighted by atomic mass is 16.5. The maximum absolute atomic E-state index is 9.98. The highest BCUT2D eigenvalue weighted by Crippen LogP contribution is 2.31. The third-order valence-electron chi connectivity index (χ3n) is 4.57. The number of methoxy groups -OCH3 is 1. The highest BCUT2D eigenvalue weighted by molar-refractivity contribution is 5.99. The maximum Gasteiger partial charge on any atom is 0.161 e. The molecule has 1 heterocycles. The number of phenolic OH excluding ortho intramolecular Hbond substituents is 1. The Morgan fingerprint density at radius 3 is 2.40 bits per heavy atom. The van der Waals surface area contributed by atoms with E-state index in [1.165, 1.54) is 5.69 Å². The first kappa shape index (κ1) is 17.1. The van der Waals surface area contributed by atoms with Gasteiger partial charge in [0.2, 0.25) is 0 Å². The fraction of sp³-hybridized carbons (Fsp3) is 0.350. The van der Waals surface area contributed by atoms with Gasteiger partial charge >= 0.3 is 0 Å². The van der Waals surface area contributed by atoms with Crippen LogP contribution in [-0.2, 0) is 0 Å². The lowest BCUT2D eigenvalue weighted by Gasteiger charge is -2.35. The third kappa shape index (κ3) is 3.87. The lowest BCUT2D eigenvalue weighted by molar-refractivity contribution is 0.270. The van der Waals surface area contributed by atoms with Crippen molar-refractivity contribution in [2.45, 2.75) is 13.8 Å². The van der Waals surface area contributed by atoms with Gasteiger partial charge in [0, 0.05) is 24.3 Å². The van der Waals surface area contributed by atoms with E-state index in [1.54, 1.807) is 7.11 Å². The molecule has 2 aromatic carbocycles. The first-order valence-electron chi connectivity index (χ1n) is 8.56. The molecule has 0 atom stereocenters. The van der Waals surface area contributed by atoms with E-state index in [1.807, 2.05) is 32.0 Å². The molecule has 0 unspecified atom stereocenters. The van der Waals surface area contributed by atoms with Gasteiger partial charge in [0.1, 0.15) is 0 Å². The molecule has 2 aromatic rings. The number of hydrogen-bond donors (Lipinski definition) is 1. The van der Waals surface area contributed by atoms with Crippen LogP contribution in [0, 0.1) is 6.92 Å². The largest absolute Gasteiger partial charge is 0.504 e. The lowest BCUT2D eigenvalue weighted by Crippen LogP contribution is -2.44. The van der Waals surface area contributed by atoms with Crippen LogP contribution >= 0.6 is 0 Å². The molecule has 1 fully saturated rings. The number of benzene rings is 2. The molecule has 0 amide bonds. The van der Waals surface area contributed by atoms with Crippen molar-refractivity contribution in [1.82, 2.24) is 5.01 Å². The van der Waals surface area contributed by atoms with Crippen molar-refractivity contribution in [3.8, 4) is 11.5 Å². The van der Waals surface area contributed by atoms with Crippen LogP contribution in [-0.4, -0.2) is 49.1 Å². The Labute approximate surface area is 149 Å². The quantitative estimate of drug-likeness (QED) is 0.869. The number of piperazine rings is 1. The zero-order chi connectivity index (χ0) is 17.8. The fourth-order valence-electron chi connectivity index (χ4n) is 3.07. The summed E-state index contributed by atoms with van der Waals surface area (Å²) in [6.07, 6.45) is 0. The topological polar surface area (TPSA) is 48.3 Å². The Morgan fingerprint density at radius 2 is 1.76 bits per heavy atom. The minimum atomic E-state index is 0.190. The number of hydrazone groups is 1. The molecule has 5 nitrogen and oxygen atoms in total. The van der Waals surface area contributed by atoms with Crippen molar-refractivity contribution >= 4 is 11.4 Å². The molecule has 0 aromatic heterocycles. The van der Waals surface area contributed by atoms with Gasteiger partial charge in [0.15, 0.2) is 11.5 Å². The minimum Gasteiger partial charge on any atom is -0.504 e. The average Bonchev–Trinajstić information content (AvgIpc) is 2.65. The normalized spacial score (nSPS) is 15.4. The summed E-state index contributed by atoms with van der Waals surface area (Å²) in [6.45, 7) is 7.56. The molecule has 1 saturated heterocycles. The van der Waals surface area contributed by atoms with Crippen LogP contribution in [0.2, 0.25) is 0 Å². The predicted molar refractivity (Wildman–Crippen MR) is 102 cm³/mol. The first-order chi connectivity index (χ1) is 12.1. The Balaban J connectivity index is 1.69. The van der Waals surface area contributed by atoms with Gasteiger partial charge in [-0.05, 0) is 43.7 Å². The molecule has 25 heavy (non-hydrogen) atoms. The van der Waals surface area contributed by atoms with Crippen molar-refractivity contribution in [2.75, 3.05) is 38.2 Å². The minimum absolute atomic E-state index is 0.190. The summed E-state index contributed by atoms with van der Waals surface area (Å²) in [4.78, 5) is 2.38.